The molecule has 2 N–H and O–H groups in total. The van der Waals surface area contributed by atoms with Crippen LogP contribution in [0.3, 0.4) is 0 Å². The first-order chi connectivity index (χ1) is 12.6. The molecule has 5 nitrogen and oxygen atoms in total. The Morgan fingerprint density at radius 3 is 2.85 bits per heavy atom. The molecule has 4 rings (SSSR count). The first-order valence-corrected chi connectivity index (χ1v) is 9.93. The van der Waals surface area contributed by atoms with E-state index in [0.29, 0.717) is 12.2 Å². The van der Waals surface area contributed by atoms with Crippen LogP contribution in [0, 0.1) is 5.82 Å². The number of fused-ring (bicyclic) bond motifs is 1. The molecular weight excluding hydrogens is 353 g/mol. The summed E-state index contributed by atoms with van der Waals surface area (Å²) >= 11 is -1.94. The van der Waals surface area contributed by atoms with Gasteiger partial charge >= 0.3 is 0 Å². The van der Waals surface area contributed by atoms with Crippen LogP contribution in [0.25, 0.3) is 0 Å². The van der Waals surface area contributed by atoms with E-state index < -0.39 is 11.1 Å². The maximum atomic E-state index is 14.5. The smallest absolute Gasteiger partial charge is 0.157 e. The summed E-state index contributed by atoms with van der Waals surface area (Å²) in [5.74, 6) is 0.549. The molecule has 2 atom stereocenters. The Morgan fingerprint density at radius 2 is 2.12 bits per heavy atom. The Morgan fingerprint density at radius 1 is 1.27 bits per heavy atom. The third-order valence-corrected chi connectivity index (χ3v) is 5.43. The zero-order chi connectivity index (χ0) is 18.1. The van der Waals surface area contributed by atoms with Gasteiger partial charge < -0.3 is 14.8 Å². The highest BCUT2D eigenvalue weighted by Gasteiger charge is 2.31. The summed E-state index contributed by atoms with van der Waals surface area (Å²) < 4.78 is 35.2. The van der Waals surface area contributed by atoms with E-state index >= 15 is 0 Å². The minimum Gasteiger partial charge on any atom is -0.321 e. The van der Waals surface area contributed by atoms with E-state index in [1.165, 1.54) is 6.07 Å². The molecule has 2 aromatic rings. The van der Waals surface area contributed by atoms with Crippen molar-refractivity contribution in [3.8, 4) is 0 Å². The zero-order valence-electron chi connectivity index (χ0n) is 14.2. The second kappa shape index (κ2) is 7.26. The maximum absolute atomic E-state index is 14.5. The molecular formula is C19H20FN3O2S. The molecule has 26 heavy (non-hydrogen) atoms. The second-order valence-electron chi connectivity index (χ2n) is 6.54. The number of nitrogens with one attached hydrogen (secondary N) is 1. The summed E-state index contributed by atoms with van der Waals surface area (Å²) in [5, 5.41) is 3.44. The molecule has 0 bridgehead atoms. The summed E-state index contributed by atoms with van der Waals surface area (Å²) in [6.45, 7) is 1.35. The van der Waals surface area contributed by atoms with Gasteiger partial charge in [-0.3, -0.25) is 0 Å². The summed E-state index contributed by atoms with van der Waals surface area (Å²) in [7, 11) is 0. The number of rotatable bonds is 4. The van der Waals surface area contributed by atoms with Crippen molar-refractivity contribution in [2.24, 2.45) is 4.99 Å². The normalized spacial score (nSPS) is 20.6. The van der Waals surface area contributed by atoms with Crippen molar-refractivity contribution in [3.05, 3.63) is 59.4 Å². The van der Waals surface area contributed by atoms with Gasteiger partial charge in [0, 0.05) is 5.56 Å². The van der Waals surface area contributed by atoms with Gasteiger partial charge in [0.1, 0.15) is 11.7 Å². The summed E-state index contributed by atoms with van der Waals surface area (Å²) in [5.41, 5.74) is 2.92. The lowest BCUT2D eigenvalue weighted by Gasteiger charge is -2.34. The van der Waals surface area contributed by atoms with Gasteiger partial charge in [0.05, 0.1) is 29.7 Å². The van der Waals surface area contributed by atoms with E-state index in [4.69, 9.17) is 4.99 Å². The van der Waals surface area contributed by atoms with Crippen LogP contribution < -0.4 is 10.2 Å². The topological polar surface area (TPSA) is 64.9 Å². The molecule has 7 heteroatoms. The van der Waals surface area contributed by atoms with Gasteiger partial charge in [-0.1, -0.05) is 24.3 Å². The van der Waals surface area contributed by atoms with Crippen molar-refractivity contribution >= 4 is 28.3 Å². The SMILES string of the molecule is O=S(O)Cc1cccc2c1CN(c1ccccc1F)C([C@@H]1CCCN1)=N2. The van der Waals surface area contributed by atoms with Gasteiger partial charge in [-0.25, -0.2) is 13.6 Å². The summed E-state index contributed by atoms with van der Waals surface area (Å²) in [4.78, 5) is 6.72. The number of nitrogens with zero attached hydrogens (tertiary/aromatic N) is 2. The zero-order valence-corrected chi connectivity index (χ0v) is 15.0. The average Bonchev–Trinajstić information content (AvgIpc) is 3.15. The fourth-order valence-electron chi connectivity index (χ4n) is 3.65. The van der Waals surface area contributed by atoms with Crippen LogP contribution in [-0.2, 0) is 23.4 Å². The fourth-order valence-corrected chi connectivity index (χ4v) is 4.19. The molecule has 1 saturated heterocycles. The maximum Gasteiger partial charge on any atom is 0.157 e. The van der Waals surface area contributed by atoms with Crippen LogP contribution in [0.5, 0.6) is 0 Å². The van der Waals surface area contributed by atoms with Gasteiger partial charge in [0.15, 0.2) is 11.1 Å². The monoisotopic (exact) mass is 373 g/mol. The molecule has 0 aromatic heterocycles. The highest BCUT2D eigenvalue weighted by molar-refractivity contribution is 7.78. The van der Waals surface area contributed by atoms with E-state index in [-0.39, 0.29) is 17.6 Å². The highest BCUT2D eigenvalue weighted by atomic mass is 32.2. The number of aliphatic imine (C=N–C) groups is 1. The fraction of sp³-hybridized carbons (Fsp3) is 0.316. The van der Waals surface area contributed by atoms with Crippen molar-refractivity contribution in [1.82, 2.24) is 5.32 Å². The number of amidine groups is 1. The van der Waals surface area contributed by atoms with E-state index in [1.807, 2.05) is 29.2 Å². The molecule has 0 saturated carbocycles. The number of hydrogen-bond acceptors (Lipinski definition) is 4. The predicted octanol–water partition coefficient (Wildman–Crippen LogP) is 3.35. The molecule has 2 aromatic carbocycles. The lowest BCUT2D eigenvalue weighted by Crippen LogP contribution is -2.45. The number of anilines is 1. The van der Waals surface area contributed by atoms with E-state index in [2.05, 4.69) is 5.32 Å². The van der Waals surface area contributed by atoms with Crippen molar-refractivity contribution in [2.75, 3.05) is 11.4 Å². The minimum absolute atomic E-state index is 0.0425. The van der Waals surface area contributed by atoms with Crippen molar-refractivity contribution in [1.29, 1.82) is 0 Å². The van der Waals surface area contributed by atoms with Gasteiger partial charge in [-0.05, 0) is 43.1 Å². The molecule has 1 fully saturated rings. The van der Waals surface area contributed by atoms with E-state index in [1.54, 1.807) is 12.1 Å². The van der Waals surface area contributed by atoms with Crippen molar-refractivity contribution in [2.45, 2.75) is 31.2 Å². The van der Waals surface area contributed by atoms with Gasteiger partial charge in [-0.15, -0.1) is 0 Å². The first kappa shape index (κ1) is 17.3. The van der Waals surface area contributed by atoms with Gasteiger partial charge in [-0.2, -0.15) is 0 Å². The molecule has 2 aliphatic rings. The summed E-state index contributed by atoms with van der Waals surface area (Å²) in [6, 6.07) is 12.3. The van der Waals surface area contributed by atoms with Crippen LogP contribution in [0.4, 0.5) is 15.8 Å². The number of para-hydroxylation sites is 1. The first-order valence-electron chi connectivity index (χ1n) is 8.66. The Balaban J connectivity index is 1.82. The Hall–Kier alpha value is -2.09. The third-order valence-electron chi connectivity index (χ3n) is 4.87. The summed E-state index contributed by atoms with van der Waals surface area (Å²) in [6.07, 6.45) is 2.02. The number of benzene rings is 2. The van der Waals surface area contributed by atoms with Crippen LogP contribution in [0.15, 0.2) is 47.5 Å². The van der Waals surface area contributed by atoms with Crippen LogP contribution in [-0.4, -0.2) is 27.2 Å². The van der Waals surface area contributed by atoms with Gasteiger partial charge in [0.2, 0.25) is 0 Å². The molecule has 2 aliphatic heterocycles. The predicted molar refractivity (Wildman–Crippen MR) is 102 cm³/mol. The molecule has 0 radical (unpaired) electrons. The van der Waals surface area contributed by atoms with E-state index in [9.17, 15) is 13.2 Å². The second-order valence-corrected chi connectivity index (χ2v) is 7.47. The van der Waals surface area contributed by atoms with Crippen LogP contribution in [0.1, 0.15) is 24.0 Å². The Bertz CT molecular complexity index is 881. The van der Waals surface area contributed by atoms with Crippen LogP contribution >= 0.6 is 0 Å². The molecule has 0 spiro atoms. The molecule has 1 unspecified atom stereocenters. The molecule has 136 valence electrons. The number of halogens is 1. The third kappa shape index (κ3) is 3.30. The Labute approximate surface area is 154 Å². The standard InChI is InChI=1S/C19H20FN3O2S/c20-15-6-1-2-9-18(15)23-11-14-13(12-26(24)25)5-3-7-16(14)22-19(23)17-8-4-10-21-17/h1-3,5-7,9,17,21H,4,8,10-12H2,(H,24,25)/t17-/m0/s1. The number of hydrogen-bond donors (Lipinski definition) is 2. The lowest BCUT2D eigenvalue weighted by molar-refractivity contribution is 0.563. The van der Waals surface area contributed by atoms with Crippen molar-refractivity contribution < 1.29 is 13.2 Å². The minimum atomic E-state index is -1.94. The lowest BCUT2D eigenvalue weighted by atomic mass is 10.0. The largest absolute Gasteiger partial charge is 0.321 e. The van der Waals surface area contributed by atoms with E-state index in [0.717, 1.165) is 42.0 Å². The van der Waals surface area contributed by atoms with Crippen molar-refractivity contribution in [3.63, 3.8) is 0 Å². The molecule has 0 amide bonds. The Kier molecular flexibility index (Phi) is 4.84. The average molecular weight is 373 g/mol. The van der Waals surface area contributed by atoms with Gasteiger partial charge in [0.25, 0.3) is 0 Å². The quantitative estimate of drug-likeness (QED) is 0.807. The molecule has 2 heterocycles. The highest BCUT2D eigenvalue weighted by Crippen LogP contribution is 2.35. The van der Waals surface area contributed by atoms with Crippen LogP contribution in [0.2, 0.25) is 0 Å². The molecule has 0 aliphatic carbocycles.